The topological polar surface area (TPSA) is 105 Å². The Morgan fingerprint density at radius 1 is 1.05 bits per heavy atom. The van der Waals surface area contributed by atoms with Crippen LogP contribution in [0.2, 0.25) is 0 Å². The lowest BCUT2D eigenvalue weighted by Crippen LogP contribution is -2.51. The number of nitrogens with one attached hydrogen (secondary N) is 1. The summed E-state index contributed by atoms with van der Waals surface area (Å²) in [6.45, 7) is 10.0. The van der Waals surface area contributed by atoms with E-state index >= 15 is 0 Å². The van der Waals surface area contributed by atoms with Gasteiger partial charge in [0.05, 0.1) is 18.1 Å². The third kappa shape index (κ3) is 9.22. The van der Waals surface area contributed by atoms with E-state index in [2.05, 4.69) is 5.32 Å². The lowest BCUT2D eigenvalue weighted by Gasteiger charge is -2.42. The molecule has 3 rings (SSSR count). The number of hydrogen-bond donors (Lipinski definition) is 3. The summed E-state index contributed by atoms with van der Waals surface area (Å²) in [6.07, 6.45) is 4.68. The largest absolute Gasteiger partial charge is 0.494 e. The predicted octanol–water partition coefficient (Wildman–Crippen LogP) is 5.46. The van der Waals surface area contributed by atoms with E-state index in [1.807, 2.05) is 45.0 Å². The zero-order valence-corrected chi connectivity index (χ0v) is 26.4. The first kappa shape index (κ1) is 34.9. The molecule has 2 aromatic rings. The van der Waals surface area contributed by atoms with E-state index in [1.54, 1.807) is 24.0 Å². The minimum Gasteiger partial charge on any atom is -0.494 e. The highest BCUT2D eigenvalue weighted by Crippen LogP contribution is 2.44. The molecule has 0 aromatic heterocycles. The van der Waals surface area contributed by atoms with Crippen LogP contribution in [0.4, 0.5) is 8.78 Å². The van der Waals surface area contributed by atoms with Gasteiger partial charge in [-0.25, -0.2) is 8.78 Å². The quantitative estimate of drug-likeness (QED) is 0.220. The Morgan fingerprint density at radius 2 is 1.73 bits per heavy atom. The maximum absolute atomic E-state index is 14.3. The van der Waals surface area contributed by atoms with E-state index in [9.17, 15) is 23.5 Å². The minimum atomic E-state index is -1.48. The van der Waals surface area contributed by atoms with E-state index < -0.39 is 35.0 Å². The fourth-order valence-corrected chi connectivity index (χ4v) is 6.03. The van der Waals surface area contributed by atoms with Gasteiger partial charge in [-0.1, -0.05) is 50.6 Å². The highest BCUT2D eigenvalue weighted by atomic mass is 19.1. The Morgan fingerprint density at radius 3 is 2.34 bits per heavy atom. The summed E-state index contributed by atoms with van der Waals surface area (Å²) in [5.74, 6) is -2.56. The number of rotatable bonds is 17. The summed E-state index contributed by atoms with van der Waals surface area (Å²) >= 11 is 0. The van der Waals surface area contributed by atoms with Gasteiger partial charge in [0.15, 0.2) is 0 Å². The van der Waals surface area contributed by atoms with Gasteiger partial charge in [0.1, 0.15) is 17.4 Å². The number of hydrogen-bond acceptors (Lipinski definition) is 5. The molecule has 9 heteroatoms. The maximum atomic E-state index is 14.3. The lowest BCUT2D eigenvalue weighted by atomic mass is 9.63. The highest BCUT2D eigenvalue weighted by molar-refractivity contribution is 5.97. The van der Waals surface area contributed by atoms with Gasteiger partial charge in [-0.2, -0.15) is 0 Å². The number of halogens is 2. The van der Waals surface area contributed by atoms with Crippen LogP contribution in [0.15, 0.2) is 65.8 Å². The molecular weight excluding hydrogens is 564 g/mol. The van der Waals surface area contributed by atoms with Crippen molar-refractivity contribution in [3.8, 4) is 5.75 Å². The molecule has 240 valence electrons. The van der Waals surface area contributed by atoms with E-state index in [0.29, 0.717) is 37.4 Å². The average Bonchev–Trinajstić information content (AvgIpc) is 2.97. The highest BCUT2D eigenvalue weighted by Gasteiger charge is 2.48. The summed E-state index contributed by atoms with van der Waals surface area (Å²) in [5, 5.41) is 14.9. The molecule has 0 saturated heterocycles. The van der Waals surface area contributed by atoms with Crippen LogP contribution in [0, 0.1) is 23.0 Å². The molecule has 3 atom stereocenters. The molecule has 7 nitrogen and oxygen atoms in total. The second kappa shape index (κ2) is 16.5. The Hall–Kier alpha value is -3.56. The minimum absolute atomic E-state index is 0.0290. The molecule has 0 bridgehead atoms. The van der Waals surface area contributed by atoms with E-state index in [0.717, 1.165) is 36.6 Å². The van der Waals surface area contributed by atoms with Crippen LogP contribution < -0.4 is 15.8 Å². The van der Waals surface area contributed by atoms with Gasteiger partial charge in [0.25, 0.3) is 0 Å². The van der Waals surface area contributed by atoms with Crippen molar-refractivity contribution in [1.82, 2.24) is 10.2 Å². The number of nitrogens with two attached hydrogens (primary N) is 1. The Kier molecular flexibility index (Phi) is 13.1. The second-order valence-corrected chi connectivity index (χ2v) is 11.7. The van der Waals surface area contributed by atoms with Crippen molar-refractivity contribution in [3.63, 3.8) is 0 Å². The SMILES string of the molecule is CCCOc1cccc(CNC[C@H](O)[C@@H](Cc2cc(F)cc(F)c2)C2(C(N)=O)C=C(C)C=C(C(=O)N(CCC)CCC)C2)c1. The first-order chi connectivity index (χ1) is 21.0. The number of primary amides is 1. The van der Waals surface area contributed by atoms with Crippen molar-refractivity contribution in [2.45, 2.75) is 72.4 Å². The van der Waals surface area contributed by atoms with Crippen LogP contribution in [0.3, 0.4) is 0 Å². The molecule has 44 heavy (non-hydrogen) atoms. The number of carbonyl (C=O) groups is 2. The van der Waals surface area contributed by atoms with Gasteiger partial charge in [-0.15, -0.1) is 0 Å². The van der Waals surface area contributed by atoms with Gasteiger partial charge in [-0.3, -0.25) is 9.59 Å². The summed E-state index contributed by atoms with van der Waals surface area (Å²) in [4.78, 5) is 28.9. The van der Waals surface area contributed by atoms with Crippen LogP contribution in [-0.4, -0.2) is 54.2 Å². The number of allylic oxidation sites excluding steroid dienone is 2. The van der Waals surface area contributed by atoms with Gasteiger partial charge in [0.2, 0.25) is 11.8 Å². The molecule has 1 unspecified atom stereocenters. The molecule has 0 radical (unpaired) electrons. The number of carbonyl (C=O) groups excluding carboxylic acids is 2. The molecule has 0 saturated carbocycles. The second-order valence-electron chi connectivity index (χ2n) is 11.7. The number of amides is 2. The monoisotopic (exact) mass is 611 g/mol. The molecular formula is C35H47F2N3O4. The Labute approximate surface area is 260 Å². The first-order valence-corrected chi connectivity index (χ1v) is 15.6. The molecule has 2 amide bonds. The van der Waals surface area contributed by atoms with E-state index in [-0.39, 0.29) is 30.9 Å². The summed E-state index contributed by atoms with van der Waals surface area (Å²) in [6, 6.07) is 10.8. The van der Waals surface area contributed by atoms with E-state index in [1.165, 1.54) is 12.1 Å². The predicted molar refractivity (Wildman–Crippen MR) is 169 cm³/mol. The standard InChI is InChI=1S/C35H47F2N3O4/c1-5-11-40(12-6-2)33(42)27-14-24(4)20-35(21-27,34(38)43)31(18-26-15-28(36)19-29(37)16-26)32(41)23-39-22-25-9-8-10-30(17-25)44-13-7-3/h8-10,14-17,19-20,31-32,39,41H,5-7,11-13,18,21-23H2,1-4H3,(H2,38,43)/t31-,32+,35?/m1/s1. The number of nitrogens with zero attached hydrogens (tertiary/aromatic N) is 1. The zero-order chi connectivity index (χ0) is 32.3. The molecule has 1 aliphatic rings. The number of aliphatic hydroxyl groups is 1. The third-order valence-electron chi connectivity index (χ3n) is 7.94. The van der Waals surface area contributed by atoms with Gasteiger partial charge in [0, 0.05) is 43.7 Å². The molecule has 1 aliphatic carbocycles. The van der Waals surface area contributed by atoms with Crippen molar-refractivity contribution in [1.29, 1.82) is 0 Å². The first-order valence-electron chi connectivity index (χ1n) is 15.6. The molecule has 2 aromatic carbocycles. The molecule has 0 aliphatic heterocycles. The van der Waals surface area contributed by atoms with Crippen LogP contribution >= 0.6 is 0 Å². The zero-order valence-electron chi connectivity index (χ0n) is 26.4. The van der Waals surface area contributed by atoms with Gasteiger partial charge < -0.3 is 25.8 Å². The van der Waals surface area contributed by atoms with Crippen LogP contribution in [0.25, 0.3) is 0 Å². The van der Waals surface area contributed by atoms with Crippen molar-refractivity contribution < 1.29 is 28.2 Å². The van der Waals surface area contributed by atoms with Crippen LogP contribution in [0.5, 0.6) is 5.75 Å². The Bertz CT molecular complexity index is 1320. The fourth-order valence-electron chi connectivity index (χ4n) is 6.03. The van der Waals surface area contributed by atoms with Crippen molar-refractivity contribution in [2.75, 3.05) is 26.2 Å². The number of ether oxygens (including phenoxy) is 1. The van der Waals surface area contributed by atoms with Crippen LogP contribution in [-0.2, 0) is 22.6 Å². The summed E-state index contributed by atoms with van der Waals surface area (Å²) in [7, 11) is 0. The smallest absolute Gasteiger partial charge is 0.249 e. The van der Waals surface area contributed by atoms with Gasteiger partial charge in [-0.05, 0) is 74.4 Å². The molecule has 0 fully saturated rings. The normalized spacial score (nSPS) is 17.8. The summed E-state index contributed by atoms with van der Waals surface area (Å²) in [5.41, 5.74) is 6.94. The van der Waals surface area contributed by atoms with Crippen molar-refractivity contribution >= 4 is 11.8 Å². The maximum Gasteiger partial charge on any atom is 0.249 e. The lowest BCUT2D eigenvalue weighted by molar-refractivity contribution is -0.132. The number of benzene rings is 2. The molecule has 4 N–H and O–H groups in total. The van der Waals surface area contributed by atoms with Gasteiger partial charge >= 0.3 is 0 Å². The van der Waals surface area contributed by atoms with E-state index in [4.69, 9.17) is 10.5 Å². The molecule has 0 spiro atoms. The van der Waals surface area contributed by atoms with Crippen molar-refractivity contribution in [2.24, 2.45) is 17.1 Å². The fraction of sp³-hybridized carbons (Fsp3) is 0.486. The van der Waals surface area contributed by atoms with Crippen LogP contribution in [0.1, 0.15) is 64.5 Å². The summed E-state index contributed by atoms with van der Waals surface area (Å²) < 4.78 is 34.2. The van der Waals surface area contributed by atoms with Crippen molar-refractivity contribution in [3.05, 3.63) is 88.5 Å². The third-order valence-corrected chi connectivity index (χ3v) is 7.94. The average molecular weight is 612 g/mol. The number of aliphatic hydroxyl groups excluding tert-OH is 1. The molecule has 0 heterocycles. The Balaban J connectivity index is 1.94.